The Morgan fingerprint density at radius 3 is 2.48 bits per heavy atom. The molecular formula is C21H23F3N2O4S. The molecular weight excluding hydrogens is 433 g/mol. The fraction of sp³-hybridized carbons (Fsp3) is 0.381. The van der Waals surface area contributed by atoms with Crippen LogP contribution in [-0.4, -0.2) is 27.2 Å². The number of hydrogen-bond acceptors (Lipinski definition) is 4. The van der Waals surface area contributed by atoms with Crippen molar-refractivity contribution in [3.63, 3.8) is 0 Å². The molecule has 0 spiro atoms. The van der Waals surface area contributed by atoms with Gasteiger partial charge in [0.1, 0.15) is 5.75 Å². The van der Waals surface area contributed by atoms with E-state index >= 15 is 0 Å². The average molecular weight is 456 g/mol. The number of rotatable bonds is 8. The van der Waals surface area contributed by atoms with Crippen LogP contribution >= 0.6 is 0 Å². The van der Waals surface area contributed by atoms with Crippen LogP contribution < -0.4 is 14.8 Å². The smallest absolute Gasteiger partial charge is 0.405 e. The first kappa shape index (κ1) is 23.1. The molecule has 0 aliphatic heterocycles. The molecule has 1 aliphatic rings. The van der Waals surface area contributed by atoms with E-state index in [9.17, 15) is 26.4 Å². The lowest BCUT2D eigenvalue weighted by Gasteiger charge is -2.16. The Bertz CT molecular complexity index is 1040. The van der Waals surface area contributed by atoms with Crippen LogP contribution in [0.5, 0.6) is 5.75 Å². The number of para-hydroxylation sites is 1. The molecule has 0 fully saturated rings. The number of hydrogen-bond donors (Lipinski definition) is 2. The summed E-state index contributed by atoms with van der Waals surface area (Å²) in [6.07, 6.45) is -1.08. The highest BCUT2D eigenvalue weighted by Gasteiger charge is 2.32. The standard InChI is InChI=1S/C21H23F3N2O4S/c22-21(23,24)30-19-8-4-3-7-17(19)14-25-20(27)11-12-26-31(28,29)18-10-9-15-5-1-2-6-16(15)13-18/h3-4,7-10,13,26H,1-2,5-6,11-12,14H2,(H,25,27). The fourth-order valence-corrected chi connectivity index (χ4v) is 4.50. The van der Waals surface area contributed by atoms with Crippen LogP contribution in [0.4, 0.5) is 13.2 Å². The van der Waals surface area contributed by atoms with Gasteiger partial charge in [0.15, 0.2) is 0 Å². The third kappa shape index (κ3) is 6.70. The quantitative estimate of drug-likeness (QED) is 0.637. The molecule has 2 aromatic carbocycles. The molecule has 0 bridgehead atoms. The van der Waals surface area contributed by atoms with E-state index in [0.717, 1.165) is 37.3 Å². The van der Waals surface area contributed by atoms with Gasteiger partial charge < -0.3 is 10.1 Å². The highest BCUT2D eigenvalue weighted by Crippen LogP contribution is 2.26. The van der Waals surface area contributed by atoms with Gasteiger partial charge in [-0.2, -0.15) is 0 Å². The van der Waals surface area contributed by atoms with Gasteiger partial charge in [0.25, 0.3) is 0 Å². The van der Waals surface area contributed by atoms with E-state index < -0.39 is 28.0 Å². The number of benzene rings is 2. The Kier molecular flexibility index (Phi) is 7.22. The van der Waals surface area contributed by atoms with Crippen molar-refractivity contribution < 1.29 is 31.1 Å². The molecule has 168 valence electrons. The maximum absolute atomic E-state index is 12.5. The van der Waals surface area contributed by atoms with Gasteiger partial charge in [0, 0.05) is 25.1 Å². The maximum Gasteiger partial charge on any atom is 0.573 e. The first-order valence-electron chi connectivity index (χ1n) is 9.86. The van der Waals surface area contributed by atoms with Crippen LogP contribution in [0.25, 0.3) is 0 Å². The zero-order chi connectivity index (χ0) is 22.5. The van der Waals surface area contributed by atoms with E-state index in [1.807, 2.05) is 6.07 Å². The summed E-state index contributed by atoms with van der Waals surface area (Å²) < 4.78 is 68.7. The molecule has 31 heavy (non-hydrogen) atoms. The normalized spacial score (nSPS) is 14.0. The highest BCUT2D eigenvalue weighted by atomic mass is 32.2. The minimum absolute atomic E-state index is 0.133. The van der Waals surface area contributed by atoms with Crippen molar-refractivity contribution in [2.45, 2.75) is 49.9 Å². The molecule has 0 atom stereocenters. The minimum Gasteiger partial charge on any atom is -0.405 e. The second kappa shape index (κ2) is 9.69. The Morgan fingerprint density at radius 1 is 1.03 bits per heavy atom. The summed E-state index contributed by atoms with van der Waals surface area (Å²) in [5.41, 5.74) is 2.36. The Labute approximate surface area is 178 Å². The van der Waals surface area contributed by atoms with Gasteiger partial charge in [-0.25, -0.2) is 13.1 Å². The zero-order valence-electron chi connectivity index (χ0n) is 16.7. The summed E-state index contributed by atoms with van der Waals surface area (Å²) in [6.45, 7) is -0.311. The second-order valence-corrected chi connectivity index (χ2v) is 8.98. The van der Waals surface area contributed by atoms with Crippen molar-refractivity contribution in [1.29, 1.82) is 0 Å². The lowest BCUT2D eigenvalue weighted by molar-refractivity contribution is -0.274. The summed E-state index contributed by atoms with van der Waals surface area (Å²) in [6, 6.07) is 10.5. The number of halogens is 3. The van der Waals surface area contributed by atoms with Crippen LogP contribution in [0.1, 0.15) is 36.0 Å². The second-order valence-electron chi connectivity index (χ2n) is 7.22. The van der Waals surface area contributed by atoms with Crippen molar-refractivity contribution in [2.75, 3.05) is 6.54 Å². The molecule has 0 heterocycles. The van der Waals surface area contributed by atoms with E-state index in [-0.39, 0.29) is 30.0 Å². The van der Waals surface area contributed by atoms with Crippen LogP contribution in [0.3, 0.4) is 0 Å². The van der Waals surface area contributed by atoms with Crippen LogP contribution in [0, 0.1) is 0 Å². The topological polar surface area (TPSA) is 84.5 Å². The number of aryl methyl sites for hydroxylation is 2. The predicted molar refractivity (Wildman–Crippen MR) is 108 cm³/mol. The number of sulfonamides is 1. The third-order valence-electron chi connectivity index (χ3n) is 4.95. The number of carbonyl (C=O) groups is 1. The third-order valence-corrected chi connectivity index (χ3v) is 6.41. The number of carbonyl (C=O) groups excluding carboxylic acids is 1. The van der Waals surface area contributed by atoms with Crippen molar-refractivity contribution in [3.05, 3.63) is 59.2 Å². The number of amides is 1. The van der Waals surface area contributed by atoms with Crippen molar-refractivity contribution >= 4 is 15.9 Å². The Hall–Kier alpha value is -2.59. The van der Waals surface area contributed by atoms with Crippen LogP contribution in [0.2, 0.25) is 0 Å². The lowest BCUT2D eigenvalue weighted by Crippen LogP contribution is -2.31. The summed E-state index contributed by atoms with van der Waals surface area (Å²) >= 11 is 0. The van der Waals surface area contributed by atoms with E-state index in [4.69, 9.17) is 0 Å². The van der Waals surface area contributed by atoms with Gasteiger partial charge in [-0.05, 0) is 55.0 Å². The lowest BCUT2D eigenvalue weighted by atomic mass is 9.92. The number of alkyl halides is 3. The Balaban J connectivity index is 1.50. The first-order valence-corrected chi connectivity index (χ1v) is 11.3. The average Bonchev–Trinajstić information content (AvgIpc) is 2.71. The van der Waals surface area contributed by atoms with Gasteiger partial charge in [-0.3, -0.25) is 4.79 Å². The van der Waals surface area contributed by atoms with Crippen molar-refractivity contribution in [3.8, 4) is 5.75 Å². The molecule has 3 rings (SSSR count). The molecule has 0 aromatic heterocycles. The number of nitrogens with one attached hydrogen (secondary N) is 2. The highest BCUT2D eigenvalue weighted by molar-refractivity contribution is 7.89. The molecule has 0 unspecified atom stereocenters. The van der Waals surface area contributed by atoms with Crippen molar-refractivity contribution in [1.82, 2.24) is 10.0 Å². The molecule has 0 saturated heterocycles. The SMILES string of the molecule is O=C(CCNS(=O)(=O)c1ccc2c(c1)CCCC2)NCc1ccccc1OC(F)(F)F. The molecule has 2 N–H and O–H groups in total. The molecule has 1 aliphatic carbocycles. The van der Waals surface area contributed by atoms with Crippen LogP contribution in [-0.2, 0) is 34.2 Å². The summed E-state index contributed by atoms with van der Waals surface area (Å²) in [4.78, 5) is 12.2. The van der Waals surface area contributed by atoms with E-state index in [1.165, 1.54) is 23.8 Å². The van der Waals surface area contributed by atoms with E-state index in [0.29, 0.717) is 0 Å². The van der Waals surface area contributed by atoms with E-state index in [2.05, 4.69) is 14.8 Å². The molecule has 1 amide bonds. The Morgan fingerprint density at radius 2 is 1.74 bits per heavy atom. The maximum atomic E-state index is 12.5. The van der Waals surface area contributed by atoms with Crippen LogP contribution in [0.15, 0.2) is 47.4 Å². The summed E-state index contributed by atoms with van der Waals surface area (Å²) in [7, 11) is -3.76. The number of ether oxygens (including phenoxy) is 1. The summed E-state index contributed by atoms with van der Waals surface area (Å²) in [5, 5.41) is 2.47. The minimum atomic E-state index is -4.84. The molecule has 0 radical (unpaired) electrons. The van der Waals surface area contributed by atoms with Gasteiger partial charge in [0.05, 0.1) is 4.90 Å². The summed E-state index contributed by atoms with van der Waals surface area (Å²) in [5.74, 6) is -0.904. The fourth-order valence-electron chi connectivity index (χ4n) is 3.42. The largest absolute Gasteiger partial charge is 0.573 e. The molecule has 2 aromatic rings. The van der Waals surface area contributed by atoms with E-state index in [1.54, 1.807) is 12.1 Å². The zero-order valence-corrected chi connectivity index (χ0v) is 17.5. The van der Waals surface area contributed by atoms with Gasteiger partial charge >= 0.3 is 6.36 Å². The monoisotopic (exact) mass is 456 g/mol. The first-order chi connectivity index (χ1) is 14.6. The van der Waals surface area contributed by atoms with Gasteiger partial charge in [-0.15, -0.1) is 13.2 Å². The number of fused-ring (bicyclic) bond motifs is 1. The molecule has 0 saturated carbocycles. The van der Waals surface area contributed by atoms with Crippen molar-refractivity contribution in [2.24, 2.45) is 0 Å². The van der Waals surface area contributed by atoms with Gasteiger partial charge in [-0.1, -0.05) is 24.3 Å². The predicted octanol–water partition coefficient (Wildman–Crippen LogP) is 3.45. The molecule has 6 nitrogen and oxygen atoms in total. The molecule has 10 heteroatoms. The van der Waals surface area contributed by atoms with Gasteiger partial charge in [0.2, 0.25) is 15.9 Å².